The maximum Gasteiger partial charge on any atom is 0.123 e. The molecule has 2 N–H and O–H groups in total. The molecule has 1 saturated heterocycles. The third-order valence-electron chi connectivity index (χ3n) is 3.72. The molecule has 2 rings (SSSR count). The molecule has 0 amide bonds. The summed E-state index contributed by atoms with van der Waals surface area (Å²) in [4.78, 5) is 2.46. The van der Waals surface area contributed by atoms with E-state index >= 15 is 0 Å². The van der Waals surface area contributed by atoms with Gasteiger partial charge in [-0.25, -0.2) is 0 Å². The van der Waals surface area contributed by atoms with Crippen molar-refractivity contribution in [3.63, 3.8) is 0 Å². The Kier molecular flexibility index (Phi) is 6.09. The molecule has 0 unspecified atom stereocenters. The van der Waals surface area contributed by atoms with Gasteiger partial charge in [0, 0.05) is 18.7 Å². The van der Waals surface area contributed by atoms with E-state index in [0.29, 0.717) is 6.04 Å². The summed E-state index contributed by atoms with van der Waals surface area (Å²) in [5, 5.41) is 0. The number of hydrogen-bond acceptors (Lipinski definition) is 4. The average molecular weight is 306 g/mol. The van der Waals surface area contributed by atoms with Crippen molar-refractivity contribution in [2.75, 3.05) is 13.1 Å². The molecule has 0 radical (unpaired) electrons. The minimum atomic E-state index is 0.162. The zero-order valence-electron chi connectivity index (χ0n) is 14.3. The topological polar surface area (TPSA) is 47.7 Å². The Morgan fingerprint density at radius 2 is 1.50 bits per heavy atom. The van der Waals surface area contributed by atoms with Crippen LogP contribution in [0.25, 0.3) is 0 Å². The first-order chi connectivity index (χ1) is 10.4. The minimum absolute atomic E-state index is 0.162. The highest BCUT2D eigenvalue weighted by molar-refractivity contribution is 5.38. The van der Waals surface area contributed by atoms with Gasteiger partial charge in [-0.05, 0) is 71.3 Å². The number of ether oxygens (including phenoxy) is 2. The highest BCUT2D eigenvalue weighted by Gasteiger charge is 2.17. The van der Waals surface area contributed by atoms with Gasteiger partial charge in [-0.15, -0.1) is 0 Å². The highest BCUT2D eigenvalue weighted by Crippen LogP contribution is 2.26. The van der Waals surface area contributed by atoms with Crippen LogP contribution in [0.2, 0.25) is 0 Å². The van der Waals surface area contributed by atoms with Gasteiger partial charge in [0.15, 0.2) is 0 Å². The van der Waals surface area contributed by atoms with Gasteiger partial charge in [-0.1, -0.05) is 0 Å². The van der Waals surface area contributed by atoms with Gasteiger partial charge in [0.1, 0.15) is 11.5 Å². The lowest BCUT2D eigenvalue weighted by molar-refractivity contribution is 0.203. The van der Waals surface area contributed by atoms with Crippen LogP contribution in [0.15, 0.2) is 18.2 Å². The number of piperidine rings is 1. The summed E-state index contributed by atoms with van der Waals surface area (Å²) in [5.74, 6) is 1.77. The van der Waals surface area contributed by atoms with Gasteiger partial charge >= 0.3 is 0 Å². The number of hydrogen-bond donors (Lipinski definition) is 1. The van der Waals surface area contributed by atoms with Crippen molar-refractivity contribution in [1.29, 1.82) is 0 Å². The Labute approximate surface area is 134 Å². The minimum Gasteiger partial charge on any atom is -0.491 e. The predicted octanol–water partition coefficient (Wildman–Crippen LogP) is 3.18. The van der Waals surface area contributed by atoms with E-state index in [1.54, 1.807) is 0 Å². The molecule has 0 saturated carbocycles. The summed E-state index contributed by atoms with van der Waals surface area (Å²) < 4.78 is 11.7. The van der Waals surface area contributed by atoms with E-state index in [2.05, 4.69) is 17.0 Å². The maximum absolute atomic E-state index is 5.98. The largest absolute Gasteiger partial charge is 0.491 e. The maximum atomic E-state index is 5.98. The van der Waals surface area contributed by atoms with E-state index in [9.17, 15) is 0 Å². The molecule has 0 atom stereocenters. The predicted molar refractivity (Wildman–Crippen MR) is 90.5 cm³/mol. The monoisotopic (exact) mass is 306 g/mol. The molecule has 22 heavy (non-hydrogen) atoms. The van der Waals surface area contributed by atoms with Crippen LogP contribution < -0.4 is 15.2 Å². The van der Waals surface area contributed by atoms with Gasteiger partial charge < -0.3 is 15.2 Å². The smallest absolute Gasteiger partial charge is 0.123 e. The first-order valence-corrected chi connectivity index (χ1v) is 8.37. The summed E-state index contributed by atoms with van der Waals surface area (Å²) in [5.41, 5.74) is 7.22. The second kappa shape index (κ2) is 7.84. The molecule has 0 aliphatic carbocycles. The Bertz CT molecular complexity index is 438. The molecule has 1 aromatic rings. The van der Waals surface area contributed by atoms with Crippen LogP contribution in [0.4, 0.5) is 0 Å². The van der Waals surface area contributed by atoms with Crippen molar-refractivity contribution in [2.45, 2.75) is 65.3 Å². The number of nitrogens with two attached hydrogens (primary N) is 1. The van der Waals surface area contributed by atoms with Crippen molar-refractivity contribution in [3.05, 3.63) is 23.8 Å². The Balaban J connectivity index is 2.10. The van der Waals surface area contributed by atoms with Crippen molar-refractivity contribution >= 4 is 0 Å². The Hall–Kier alpha value is -1.26. The third kappa shape index (κ3) is 5.50. The molecule has 4 nitrogen and oxygen atoms in total. The fraction of sp³-hybridized carbons (Fsp3) is 0.667. The molecule has 1 aromatic carbocycles. The zero-order valence-corrected chi connectivity index (χ0v) is 14.3. The molecule has 1 fully saturated rings. The first kappa shape index (κ1) is 17.1. The summed E-state index contributed by atoms with van der Waals surface area (Å²) in [6.07, 6.45) is 2.49. The Morgan fingerprint density at radius 3 is 1.95 bits per heavy atom. The van der Waals surface area contributed by atoms with Gasteiger partial charge in [0.05, 0.1) is 12.2 Å². The lowest BCUT2D eigenvalue weighted by Crippen LogP contribution is -2.39. The lowest BCUT2D eigenvalue weighted by Gasteiger charge is -2.30. The number of benzene rings is 1. The molecule has 0 aromatic heterocycles. The van der Waals surface area contributed by atoms with Crippen molar-refractivity contribution in [1.82, 2.24) is 4.90 Å². The molecule has 0 spiro atoms. The summed E-state index contributed by atoms with van der Waals surface area (Å²) in [6.45, 7) is 11.2. The van der Waals surface area contributed by atoms with E-state index in [4.69, 9.17) is 15.2 Å². The lowest BCUT2D eigenvalue weighted by atomic mass is 10.1. The van der Waals surface area contributed by atoms with E-state index in [-0.39, 0.29) is 12.2 Å². The normalized spacial score (nSPS) is 17.2. The number of nitrogens with zero attached hydrogens (tertiary/aromatic N) is 1. The fourth-order valence-corrected chi connectivity index (χ4v) is 2.77. The second-order valence-electron chi connectivity index (χ2n) is 6.76. The van der Waals surface area contributed by atoms with Gasteiger partial charge in [0.2, 0.25) is 0 Å². The summed E-state index contributed by atoms with van der Waals surface area (Å²) in [6, 6.07) is 6.60. The van der Waals surface area contributed by atoms with Crippen LogP contribution in [0.5, 0.6) is 11.5 Å². The van der Waals surface area contributed by atoms with Crippen molar-refractivity contribution in [2.24, 2.45) is 5.73 Å². The molecule has 1 aliphatic heterocycles. The summed E-state index contributed by atoms with van der Waals surface area (Å²) in [7, 11) is 0. The van der Waals surface area contributed by atoms with Crippen LogP contribution in [0.1, 0.15) is 46.1 Å². The third-order valence-corrected chi connectivity index (χ3v) is 3.72. The molecule has 1 heterocycles. The molecule has 1 aliphatic rings. The number of rotatable bonds is 6. The summed E-state index contributed by atoms with van der Waals surface area (Å²) >= 11 is 0. The van der Waals surface area contributed by atoms with E-state index < -0.39 is 0 Å². The van der Waals surface area contributed by atoms with Crippen LogP contribution in [0, 0.1) is 0 Å². The van der Waals surface area contributed by atoms with Crippen molar-refractivity contribution in [3.8, 4) is 11.5 Å². The standard InChI is InChI=1S/C18H30N2O2/c1-13(2)21-17-9-15(10-18(11-17)22-14(3)4)12-20-7-5-16(19)6-8-20/h9-11,13-14,16H,5-8,12,19H2,1-4H3. The first-order valence-electron chi connectivity index (χ1n) is 8.37. The molecule has 124 valence electrons. The molecule has 0 bridgehead atoms. The van der Waals surface area contributed by atoms with Gasteiger partial charge in [-0.2, -0.15) is 0 Å². The molecule has 4 heteroatoms. The quantitative estimate of drug-likeness (QED) is 0.877. The van der Waals surface area contributed by atoms with Crippen molar-refractivity contribution < 1.29 is 9.47 Å². The molecular formula is C18H30N2O2. The van der Waals surface area contributed by atoms with Gasteiger partial charge in [-0.3, -0.25) is 4.90 Å². The van der Waals surface area contributed by atoms with Crippen LogP contribution in [-0.4, -0.2) is 36.2 Å². The zero-order chi connectivity index (χ0) is 16.1. The fourth-order valence-electron chi connectivity index (χ4n) is 2.77. The number of likely N-dealkylation sites (tertiary alicyclic amines) is 1. The van der Waals surface area contributed by atoms with Crippen LogP contribution in [0.3, 0.4) is 0 Å². The van der Waals surface area contributed by atoms with E-state index in [1.165, 1.54) is 5.56 Å². The highest BCUT2D eigenvalue weighted by atomic mass is 16.5. The Morgan fingerprint density at radius 1 is 1.00 bits per heavy atom. The van der Waals surface area contributed by atoms with Crippen LogP contribution >= 0.6 is 0 Å². The molecular weight excluding hydrogens is 276 g/mol. The van der Waals surface area contributed by atoms with E-state index in [0.717, 1.165) is 44.0 Å². The van der Waals surface area contributed by atoms with Gasteiger partial charge in [0.25, 0.3) is 0 Å². The average Bonchev–Trinajstić information content (AvgIpc) is 2.39. The second-order valence-corrected chi connectivity index (χ2v) is 6.76. The van der Waals surface area contributed by atoms with Crippen LogP contribution in [-0.2, 0) is 6.54 Å². The SMILES string of the molecule is CC(C)Oc1cc(CN2CCC(N)CC2)cc(OC(C)C)c1. The van der Waals surface area contributed by atoms with E-state index in [1.807, 2.05) is 33.8 Å².